The third-order valence-corrected chi connectivity index (χ3v) is 5.40. The number of nitrogens with one attached hydrogen (secondary N) is 1. The van der Waals surface area contributed by atoms with E-state index in [1.165, 1.54) is 11.3 Å². The van der Waals surface area contributed by atoms with Crippen molar-refractivity contribution in [2.45, 2.75) is 38.4 Å². The second kappa shape index (κ2) is 6.45. The Morgan fingerprint density at radius 2 is 2.30 bits per heavy atom. The van der Waals surface area contributed by atoms with Crippen LogP contribution in [-0.2, 0) is 17.9 Å². The lowest BCUT2D eigenvalue weighted by Crippen LogP contribution is -2.39. The maximum atomic E-state index is 11.8. The van der Waals surface area contributed by atoms with Crippen LogP contribution in [0.25, 0.3) is 0 Å². The first-order valence-corrected chi connectivity index (χ1v) is 9.27. The maximum Gasteiger partial charge on any atom is 0.223 e. The molecule has 122 valence electrons. The normalized spacial score (nSPS) is 21.1. The van der Waals surface area contributed by atoms with Crippen molar-refractivity contribution in [1.82, 2.24) is 20.0 Å². The van der Waals surface area contributed by atoms with Gasteiger partial charge in [0, 0.05) is 38.3 Å². The molecule has 1 saturated carbocycles. The molecule has 2 aromatic rings. The minimum atomic E-state index is 0.233. The first-order valence-electron chi connectivity index (χ1n) is 8.33. The molecule has 0 bridgehead atoms. The number of thiophene rings is 1. The number of carbonyl (C=O) groups excluding carboxylic acids is 1. The van der Waals surface area contributed by atoms with Gasteiger partial charge in [0.25, 0.3) is 0 Å². The zero-order valence-electron chi connectivity index (χ0n) is 13.1. The Morgan fingerprint density at radius 3 is 3.09 bits per heavy atom. The molecule has 0 aromatic carbocycles. The predicted molar refractivity (Wildman–Crippen MR) is 90.0 cm³/mol. The fraction of sp³-hybridized carbons (Fsp3) is 0.529. The number of hydrogen-bond acceptors (Lipinski definition) is 4. The van der Waals surface area contributed by atoms with Crippen molar-refractivity contribution >= 4 is 17.2 Å². The number of carbonyl (C=O) groups is 1. The van der Waals surface area contributed by atoms with E-state index < -0.39 is 0 Å². The molecule has 1 aliphatic carbocycles. The summed E-state index contributed by atoms with van der Waals surface area (Å²) in [5.41, 5.74) is 2.65. The van der Waals surface area contributed by atoms with E-state index in [0.717, 1.165) is 45.4 Å². The van der Waals surface area contributed by atoms with Crippen LogP contribution < -0.4 is 5.32 Å². The highest BCUT2D eigenvalue weighted by atomic mass is 32.1. The van der Waals surface area contributed by atoms with Crippen LogP contribution in [0.15, 0.2) is 29.1 Å². The molecule has 1 N–H and O–H groups in total. The Hall–Kier alpha value is -1.66. The van der Waals surface area contributed by atoms with Gasteiger partial charge < -0.3 is 5.32 Å². The second-order valence-electron chi connectivity index (χ2n) is 6.58. The van der Waals surface area contributed by atoms with Crippen molar-refractivity contribution < 1.29 is 4.79 Å². The highest BCUT2D eigenvalue weighted by Gasteiger charge is 2.30. The lowest BCUT2D eigenvalue weighted by molar-refractivity contribution is -0.122. The molecule has 0 saturated heterocycles. The van der Waals surface area contributed by atoms with Gasteiger partial charge in [0.2, 0.25) is 5.91 Å². The van der Waals surface area contributed by atoms with Gasteiger partial charge >= 0.3 is 0 Å². The summed E-state index contributed by atoms with van der Waals surface area (Å²) >= 11 is 1.75. The van der Waals surface area contributed by atoms with Gasteiger partial charge in [0.1, 0.15) is 0 Å². The van der Waals surface area contributed by atoms with Crippen LogP contribution in [0.1, 0.15) is 36.6 Å². The number of nitrogens with zero attached hydrogens (tertiary/aromatic N) is 3. The Labute approximate surface area is 140 Å². The van der Waals surface area contributed by atoms with E-state index in [0.29, 0.717) is 6.04 Å². The Morgan fingerprint density at radius 1 is 1.39 bits per heavy atom. The lowest BCUT2D eigenvalue weighted by atomic mass is 10.1. The predicted octanol–water partition coefficient (Wildman–Crippen LogP) is 2.42. The van der Waals surface area contributed by atoms with Crippen LogP contribution >= 0.6 is 11.3 Å². The zero-order chi connectivity index (χ0) is 15.6. The molecule has 4 rings (SSSR count). The van der Waals surface area contributed by atoms with Gasteiger partial charge in [-0.25, -0.2) is 0 Å². The summed E-state index contributed by atoms with van der Waals surface area (Å²) in [6.07, 6.45) is 4.95. The van der Waals surface area contributed by atoms with Crippen molar-refractivity contribution in [2.75, 3.05) is 13.1 Å². The van der Waals surface area contributed by atoms with Crippen LogP contribution in [-0.4, -0.2) is 33.7 Å². The average Bonchev–Trinajstić information content (AvgIpc) is 3.07. The molecule has 23 heavy (non-hydrogen) atoms. The Balaban J connectivity index is 1.37. The third-order valence-electron chi connectivity index (χ3n) is 4.66. The van der Waals surface area contributed by atoms with Gasteiger partial charge in [-0.3, -0.25) is 14.4 Å². The molecular formula is C17H22N4OS. The molecule has 3 heterocycles. The van der Waals surface area contributed by atoms with E-state index in [1.807, 2.05) is 6.20 Å². The Kier molecular flexibility index (Phi) is 4.18. The van der Waals surface area contributed by atoms with Gasteiger partial charge in [0.15, 0.2) is 0 Å². The molecule has 6 heteroatoms. The highest BCUT2D eigenvalue weighted by Crippen LogP contribution is 2.29. The van der Waals surface area contributed by atoms with Gasteiger partial charge in [-0.1, -0.05) is 0 Å². The minimum absolute atomic E-state index is 0.233. The number of rotatable bonds is 6. The van der Waals surface area contributed by atoms with Crippen LogP contribution in [0, 0.1) is 5.92 Å². The fourth-order valence-electron chi connectivity index (χ4n) is 3.29. The number of amides is 1. The molecule has 0 spiro atoms. The van der Waals surface area contributed by atoms with Gasteiger partial charge in [-0.05, 0) is 47.7 Å². The standard InChI is InChI=1S/C17H22N4OS/c22-17(14-1-2-14)18-6-3-15-10-20(9-13-5-8-23-12-13)11-16-4-7-19-21(15)16/h4-5,7-8,12,14-15H,1-3,6,9-11H2,(H,18,22)/t15-/m1/s1. The largest absolute Gasteiger partial charge is 0.356 e. The molecule has 1 amide bonds. The molecule has 1 fully saturated rings. The SMILES string of the molecule is O=C(NCC[C@@H]1CN(Cc2ccsc2)Cc2ccnn21)C1CC1. The van der Waals surface area contributed by atoms with E-state index in [1.54, 1.807) is 11.3 Å². The molecular weight excluding hydrogens is 308 g/mol. The molecule has 2 aromatic heterocycles. The molecule has 1 aliphatic heterocycles. The van der Waals surface area contributed by atoms with Crippen molar-refractivity contribution in [2.24, 2.45) is 5.92 Å². The molecule has 0 unspecified atom stereocenters. The van der Waals surface area contributed by atoms with Crippen molar-refractivity contribution in [3.63, 3.8) is 0 Å². The smallest absolute Gasteiger partial charge is 0.223 e. The topological polar surface area (TPSA) is 50.2 Å². The van der Waals surface area contributed by atoms with E-state index in [2.05, 4.69) is 42.9 Å². The molecule has 5 nitrogen and oxygen atoms in total. The second-order valence-corrected chi connectivity index (χ2v) is 7.36. The summed E-state index contributed by atoms with van der Waals surface area (Å²) in [5.74, 6) is 0.522. The molecule has 1 atom stereocenters. The number of hydrogen-bond donors (Lipinski definition) is 1. The van der Waals surface area contributed by atoms with Crippen LogP contribution in [0.2, 0.25) is 0 Å². The van der Waals surface area contributed by atoms with E-state index in [4.69, 9.17) is 0 Å². The average molecular weight is 330 g/mol. The monoisotopic (exact) mass is 330 g/mol. The highest BCUT2D eigenvalue weighted by molar-refractivity contribution is 7.07. The summed E-state index contributed by atoms with van der Waals surface area (Å²) in [5, 5.41) is 11.9. The first-order chi connectivity index (χ1) is 11.3. The fourth-order valence-corrected chi connectivity index (χ4v) is 3.95. The number of aromatic nitrogens is 2. The zero-order valence-corrected chi connectivity index (χ0v) is 14.0. The van der Waals surface area contributed by atoms with Crippen molar-refractivity contribution in [1.29, 1.82) is 0 Å². The van der Waals surface area contributed by atoms with Crippen molar-refractivity contribution in [3.05, 3.63) is 40.3 Å². The summed E-state index contributed by atoms with van der Waals surface area (Å²) < 4.78 is 2.15. The van der Waals surface area contributed by atoms with E-state index in [9.17, 15) is 4.79 Å². The Bertz CT molecular complexity index is 662. The summed E-state index contributed by atoms with van der Waals surface area (Å²) in [6.45, 7) is 3.66. The summed E-state index contributed by atoms with van der Waals surface area (Å²) in [6, 6.07) is 4.64. The van der Waals surface area contributed by atoms with Gasteiger partial charge in [0.05, 0.1) is 11.7 Å². The lowest BCUT2D eigenvalue weighted by Gasteiger charge is -2.33. The van der Waals surface area contributed by atoms with Crippen LogP contribution in [0.4, 0.5) is 0 Å². The molecule has 2 aliphatic rings. The van der Waals surface area contributed by atoms with E-state index in [-0.39, 0.29) is 11.8 Å². The van der Waals surface area contributed by atoms with Crippen LogP contribution in [0.5, 0.6) is 0 Å². The van der Waals surface area contributed by atoms with E-state index >= 15 is 0 Å². The summed E-state index contributed by atoms with van der Waals surface area (Å²) in [7, 11) is 0. The van der Waals surface area contributed by atoms with Gasteiger partial charge in [-0.2, -0.15) is 16.4 Å². The van der Waals surface area contributed by atoms with Gasteiger partial charge in [-0.15, -0.1) is 0 Å². The first kappa shape index (κ1) is 14.9. The molecule has 0 radical (unpaired) electrons. The summed E-state index contributed by atoms with van der Waals surface area (Å²) in [4.78, 5) is 14.3. The number of fused-ring (bicyclic) bond motifs is 1. The van der Waals surface area contributed by atoms with Crippen LogP contribution in [0.3, 0.4) is 0 Å². The quantitative estimate of drug-likeness (QED) is 0.885. The van der Waals surface area contributed by atoms with Crippen molar-refractivity contribution in [3.8, 4) is 0 Å². The third kappa shape index (κ3) is 3.48. The maximum absolute atomic E-state index is 11.8. The minimum Gasteiger partial charge on any atom is -0.356 e.